The van der Waals surface area contributed by atoms with Crippen molar-refractivity contribution in [3.63, 3.8) is 0 Å². The van der Waals surface area contributed by atoms with E-state index in [4.69, 9.17) is 5.26 Å². The lowest BCUT2D eigenvalue weighted by Gasteiger charge is -2.05. The largest absolute Gasteiger partial charge is 0.504 e. The number of hydrogen-bond acceptors (Lipinski definition) is 3. The van der Waals surface area contributed by atoms with Gasteiger partial charge in [-0.2, -0.15) is 5.26 Å². The summed E-state index contributed by atoms with van der Waals surface area (Å²) in [7, 11) is 0. The minimum absolute atomic E-state index is 0.143. The molecule has 0 bridgehead atoms. The number of alkyl halides is 2. The molecule has 0 saturated carbocycles. The molecule has 1 aromatic rings. The van der Waals surface area contributed by atoms with Crippen molar-refractivity contribution < 1.29 is 13.9 Å². The smallest absolute Gasteiger partial charge is 0.268 e. The van der Waals surface area contributed by atoms with E-state index in [-0.39, 0.29) is 9.26 Å². The van der Waals surface area contributed by atoms with E-state index in [0.717, 1.165) is 6.20 Å². The van der Waals surface area contributed by atoms with E-state index in [0.29, 0.717) is 0 Å². The van der Waals surface area contributed by atoms with Crippen LogP contribution < -0.4 is 0 Å². The van der Waals surface area contributed by atoms with Crippen molar-refractivity contribution in [2.24, 2.45) is 0 Å². The second-order valence-corrected chi connectivity index (χ2v) is 3.29. The maximum Gasteiger partial charge on any atom is 0.268 e. The Balaban J connectivity index is 3.41. The van der Waals surface area contributed by atoms with Crippen molar-refractivity contribution in [1.29, 1.82) is 5.26 Å². The topological polar surface area (TPSA) is 56.9 Å². The first-order valence-electron chi connectivity index (χ1n) is 3.13. The van der Waals surface area contributed by atoms with Gasteiger partial charge in [-0.25, -0.2) is 13.8 Å². The number of aromatic hydroxyl groups is 1. The van der Waals surface area contributed by atoms with Crippen molar-refractivity contribution in [3.8, 4) is 11.8 Å². The minimum Gasteiger partial charge on any atom is -0.504 e. The van der Waals surface area contributed by atoms with E-state index in [1.165, 1.54) is 6.07 Å². The van der Waals surface area contributed by atoms with E-state index >= 15 is 0 Å². The van der Waals surface area contributed by atoms with Crippen LogP contribution in [0.2, 0.25) is 0 Å². The highest BCUT2D eigenvalue weighted by Gasteiger charge is 2.20. The summed E-state index contributed by atoms with van der Waals surface area (Å²) >= 11 is 1.62. The molecule has 1 heterocycles. The normalized spacial score (nSPS) is 10.1. The molecule has 0 aliphatic heterocycles. The average molecular weight is 296 g/mol. The fourth-order valence-electron chi connectivity index (χ4n) is 0.782. The fourth-order valence-corrected chi connectivity index (χ4v) is 1.41. The van der Waals surface area contributed by atoms with Gasteiger partial charge >= 0.3 is 0 Å². The third-order valence-electron chi connectivity index (χ3n) is 1.37. The van der Waals surface area contributed by atoms with Gasteiger partial charge in [0.15, 0.2) is 11.4 Å². The van der Waals surface area contributed by atoms with Crippen LogP contribution in [0.4, 0.5) is 8.78 Å². The molecule has 1 rings (SSSR count). The number of nitriles is 1. The lowest BCUT2D eigenvalue weighted by Crippen LogP contribution is -1.95. The molecule has 68 valence electrons. The number of nitrogens with zero attached hydrogens (tertiary/aromatic N) is 2. The fraction of sp³-hybridized carbons (Fsp3) is 0.143. The summed E-state index contributed by atoms with van der Waals surface area (Å²) in [6.07, 6.45) is -1.68. The summed E-state index contributed by atoms with van der Waals surface area (Å²) in [6, 6.07) is 1.52. The van der Waals surface area contributed by atoms with Crippen molar-refractivity contribution in [2.75, 3.05) is 0 Å². The first-order valence-corrected chi connectivity index (χ1v) is 4.21. The Morgan fingerprint density at radius 2 is 2.23 bits per heavy atom. The molecule has 3 nitrogen and oxygen atoms in total. The van der Waals surface area contributed by atoms with Gasteiger partial charge in [0.1, 0.15) is 6.07 Å². The summed E-state index contributed by atoms with van der Waals surface area (Å²) in [5.74, 6) is -0.732. The van der Waals surface area contributed by atoms with E-state index in [9.17, 15) is 13.9 Å². The van der Waals surface area contributed by atoms with Crippen LogP contribution in [0, 0.1) is 14.9 Å². The maximum atomic E-state index is 12.3. The molecular weight excluding hydrogens is 293 g/mol. The summed E-state index contributed by atoms with van der Waals surface area (Å²) in [5, 5.41) is 17.6. The monoisotopic (exact) mass is 296 g/mol. The van der Waals surface area contributed by atoms with Crippen molar-refractivity contribution in [3.05, 3.63) is 21.0 Å². The van der Waals surface area contributed by atoms with Gasteiger partial charge in [-0.15, -0.1) is 0 Å². The molecule has 0 fully saturated rings. The molecule has 0 aliphatic rings. The van der Waals surface area contributed by atoms with Gasteiger partial charge in [0.2, 0.25) is 0 Å². The summed E-state index contributed by atoms with van der Waals surface area (Å²) in [4.78, 5) is 3.49. The lowest BCUT2D eigenvalue weighted by atomic mass is 10.2. The highest BCUT2D eigenvalue weighted by Crippen LogP contribution is 2.33. The zero-order valence-electron chi connectivity index (χ0n) is 6.13. The van der Waals surface area contributed by atoms with Crippen LogP contribution in [-0.2, 0) is 0 Å². The molecule has 13 heavy (non-hydrogen) atoms. The molecule has 0 spiro atoms. The maximum absolute atomic E-state index is 12.3. The second-order valence-electron chi connectivity index (χ2n) is 2.13. The Bertz CT molecular complexity index is 375. The third kappa shape index (κ3) is 1.85. The molecule has 1 aromatic heterocycles. The minimum atomic E-state index is -2.80. The Labute approximate surface area is 86.2 Å². The van der Waals surface area contributed by atoms with Crippen LogP contribution in [0.25, 0.3) is 0 Å². The predicted molar refractivity (Wildman–Crippen MR) is 48.3 cm³/mol. The molecule has 0 saturated heterocycles. The van der Waals surface area contributed by atoms with Crippen LogP contribution in [-0.4, -0.2) is 10.1 Å². The lowest BCUT2D eigenvalue weighted by molar-refractivity contribution is 0.146. The molecule has 0 aromatic carbocycles. The number of aromatic nitrogens is 1. The van der Waals surface area contributed by atoms with Gasteiger partial charge in [0.25, 0.3) is 6.43 Å². The van der Waals surface area contributed by atoms with Gasteiger partial charge in [0, 0.05) is 9.77 Å². The Hall–Kier alpha value is -0.970. The number of rotatable bonds is 1. The summed E-state index contributed by atoms with van der Waals surface area (Å²) in [5.41, 5.74) is -0.914. The molecule has 6 heteroatoms. The first kappa shape index (κ1) is 10.1. The van der Waals surface area contributed by atoms with Gasteiger partial charge in [-0.1, -0.05) is 0 Å². The van der Waals surface area contributed by atoms with Crippen molar-refractivity contribution in [2.45, 2.75) is 6.43 Å². The van der Waals surface area contributed by atoms with Crippen LogP contribution in [0.15, 0.2) is 6.20 Å². The molecule has 0 amide bonds. The van der Waals surface area contributed by atoms with Gasteiger partial charge < -0.3 is 5.11 Å². The van der Waals surface area contributed by atoms with Crippen LogP contribution >= 0.6 is 22.6 Å². The van der Waals surface area contributed by atoms with Crippen LogP contribution in [0.5, 0.6) is 5.75 Å². The number of pyridine rings is 1. The SMILES string of the molecule is N#Cc1ncc(I)c(C(F)F)c1O. The van der Waals surface area contributed by atoms with Crippen LogP contribution in [0.1, 0.15) is 17.7 Å². The number of halogens is 3. The first-order chi connectivity index (χ1) is 6.07. The second kappa shape index (κ2) is 3.83. The van der Waals surface area contributed by atoms with E-state index in [1.807, 2.05) is 0 Å². The highest BCUT2D eigenvalue weighted by atomic mass is 127. The molecule has 1 N–H and O–H groups in total. The Kier molecular flexibility index (Phi) is 2.98. The zero-order valence-corrected chi connectivity index (χ0v) is 8.29. The molecule has 0 atom stereocenters. The Morgan fingerprint density at radius 1 is 1.62 bits per heavy atom. The molecule has 0 unspecified atom stereocenters. The van der Waals surface area contributed by atoms with E-state index in [1.54, 1.807) is 22.6 Å². The zero-order chi connectivity index (χ0) is 10.0. The quantitative estimate of drug-likeness (QED) is 0.808. The molecular formula is C7H3F2IN2O. The van der Waals surface area contributed by atoms with Gasteiger partial charge in [-0.3, -0.25) is 0 Å². The van der Waals surface area contributed by atoms with Crippen molar-refractivity contribution in [1.82, 2.24) is 4.98 Å². The number of hydrogen-bond donors (Lipinski definition) is 1. The summed E-state index contributed by atoms with van der Waals surface area (Å²) in [6.45, 7) is 0. The van der Waals surface area contributed by atoms with Gasteiger partial charge in [0.05, 0.1) is 5.56 Å². The third-order valence-corrected chi connectivity index (χ3v) is 2.23. The summed E-state index contributed by atoms with van der Waals surface area (Å²) < 4.78 is 24.7. The highest BCUT2D eigenvalue weighted by molar-refractivity contribution is 14.1. The standard InChI is InChI=1S/C7H3F2IN2O/c8-7(9)5-3(10)2-12-4(1-11)6(5)13/h2,7,13H. The Morgan fingerprint density at radius 3 is 2.69 bits per heavy atom. The van der Waals surface area contributed by atoms with Crippen LogP contribution in [0.3, 0.4) is 0 Å². The molecule has 0 radical (unpaired) electrons. The van der Waals surface area contributed by atoms with E-state index < -0.39 is 17.7 Å². The van der Waals surface area contributed by atoms with E-state index in [2.05, 4.69) is 4.98 Å². The van der Waals surface area contributed by atoms with Crippen molar-refractivity contribution >= 4 is 22.6 Å². The van der Waals surface area contributed by atoms with Gasteiger partial charge in [-0.05, 0) is 22.6 Å². The predicted octanol–water partition coefficient (Wildman–Crippen LogP) is 2.20. The average Bonchev–Trinajstić information content (AvgIpc) is 2.04. The molecule has 0 aliphatic carbocycles.